The molecule has 1 aliphatic carbocycles. The number of benzene rings is 9. The molecular formula is C57H35NO3. The van der Waals surface area contributed by atoms with E-state index >= 15 is 0 Å². The molecule has 11 aromatic rings. The van der Waals surface area contributed by atoms with Gasteiger partial charge in [-0.05, 0) is 87.5 Å². The molecule has 1 aliphatic heterocycles. The molecule has 2 aromatic heterocycles. The Morgan fingerprint density at radius 1 is 0.361 bits per heavy atom. The summed E-state index contributed by atoms with van der Waals surface area (Å²) in [5.74, 6) is 2.37. The quantitative estimate of drug-likeness (QED) is 0.174. The summed E-state index contributed by atoms with van der Waals surface area (Å²) in [6, 6.07) is 75.2. The number of rotatable bonds is 5. The minimum absolute atomic E-state index is 0.713. The molecule has 61 heavy (non-hydrogen) atoms. The number of para-hydroxylation sites is 3. The van der Waals surface area contributed by atoms with E-state index in [2.05, 4.69) is 193 Å². The molecule has 9 aromatic carbocycles. The maximum atomic E-state index is 7.10. The van der Waals surface area contributed by atoms with E-state index in [1.54, 1.807) is 0 Å². The molecular weight excluding hydrogens is 747 g/mol. The summed E-state index contributed by atoms with van der Waals surface area (Å²) in [7, 11) is 0. The fourth-order valence-corrected chi connectivity index (χ4v) is 10.1. The van der Waals surface area contributed by atoms with Crippen LogP contribution in [0.2, 0.25) is 0 Å². The second kappa shape index (κ2) is 13.0. The van der Waals surface area contributed by atoms with Crippen molar-refractivity contribution in [3.05, 3.63) is 235 Å². The molecule has 0 saturated carbocycles. The van der Waals surface area contributed by atoms with Gasteiger partial charge in [0.2, 0.25) is 0 Å². The van der Waals surface area contributed by atoms with Gasteiger partial charge in [-0.1, -0.05) is 158 Å². The maximum Gasteiger partial charge on any atom is 0.178 e. The van der Waals surface area contributed by atoms with Crippen molar-refractivity contribution in [2.75, 3.05) is 4.90 Å². The van der Waals surface area contributed by atoms with Crippen LogP contribution in [0.4, 0.5) is 17.1 Å². The number of anilines is 3. The van der Waals surface area contributed by atoms with Crippen molar-refractivity contribution in [2.45, 2.75) is 5.41 Å². The smallest absolute Gasteiger partial charge is 0.178 e. The highest BCUT2D eigenvalue weighted by atomic mass is 16.5. The van der Waals surface area contributed by atoms with E-state index in [4.69, 9.17) is 13.6 Å². The maximum absolute atomic E-state index is 7.10. The summed E-state index contributed by atoms with van der Waals surface area (Å²) in [6.07, 6.45) is 0. The van der Waals surface area contributed by atoms with E-state index < -0.39 is 5.41 Å². The molecule has 4 nitrogen and oxygen atoms in total. The van der Waals surface area contributed by atoms with Gasteiger partial charge in [-0.15, -0.1) is 0 Å². The fourth-order valence-electron chi connectivity index (χ4n) is 10.1. The normalized spacial score (nSPS) is 13.2. The van der Waals surface area contributed by atoms with Crippen molar-refractivity contribution < 1.29 is 13.6 Å². The van der Waals surface area contributed by atoms with Gasteiger partial charge in [0.25, 0.3) is 0 Å². The Balaban J connectivity index is 0.998. The van der Waals surface area contributed by atoms with Crippen LogP contribution in [-0.4, -0.2) is 0 Å². The Kier molecular flexibility index (Phi) is 7.19. The summed E-state index contributed by atoms with van der Waals surface area (Å²) >= 11 is 0. The van der Waals surface area contributed by atoms with E-state index in [9.17, 15) is 0 Å². The van der Waals surface area contributed by atoms with Gasteiger partial charge < -0.3 is 18.5 Å². The molecule has 0 bridgehead atoms. The first-order chi connectivity index (χ1) is 30.2. The van der Waals surface area contributed by atoms with Crippen LogP contribution in [0.3, 0.4) is 0 Å². The molecule has 0 amide bonds. The molecule has 2 aliphatic rings. The van der Waals surface area contributed by atoms with Crippen LogP contribution in [0, 0.1) is 0 Å². The summed E-state index contributed by atoms with van der Waals surface area (Å²) in [6.45, 7) is 0. The van der Waals surface area contributed by atoms with Crippen LogP contribution < -0.4 is 9.64 Å². The van der Waals surface area contributed by atoms with Crippen molar-refractivity contribution in [1.82, 2.24) is 0 Å². The molecule has 3 heterocycles. The summed E-state index contributed by atoms with van der Waals surface area (Å²) in [4.78, 5) is 2.32. The first-order valence-electron chi connectivity index (χ1n) is 20.7. The molecule has 0 radical (unpaired) electrons. The van der Waals surface area contributed by atoms with E-state index in [1.807, 2.05) is 24.3 Å². The topological polar surface area (TPSA) is 38.8 Å². The number of furan rings is 2. The number of hydrogen-bond acceptors (Lipinski definition) is 4. The number of nitrogens with zero attached hydrogens (tertiary/aromatic N) is 1. The molecule has 0 atom stereocenters. The Bertz CT molecular complexity index is 3460. The van der Waals surface area contributed by atoms with E-state index in [1.165, 1.54) is 27.8 Å². The highest BCUT2D eigenvalue weighted by molar-refractivity contribution is 6.09. The van der Waals surface area contributed by atoms with Crippen molar-refractivity contribution in [3.63, 3.8) is 0 Å². The average Bonchev–Trinajstić information content (AvgIpc) is 3.99. The zero-order valence-corrected chi connectivity index (χ0v) is 32.9. The van der Waals surface area contributed by atoms with Gasteiger partial charge in [-0.25, -0.2) is 0 Å². The molecule has 13 rings (SSSR count). The first-order valence-corrected chi connectivity index (χ1v) is 20.7. The highest BCUT2D eigenvalue weighted by Gasteiger charge is 2.54. The van der Waals surface area contributed by atoms with Crippen LogP contribution >= 0.6 is 0 Å². The standard InChI is InChI=1S/C57H35NO3/c1-2-13-36(14-3-1)37-25-29-39(30-26-37)58(40-31-27-38(28-32-40)42-19-12-20-46-45-17-6-10-23-51(45)59-54(42)46)41-33-34-50-53(35-41)60-55-47-18-7-11-24-52(47)61-56(55)57(50)48-21-8-4-15-43(48)44-16-5-9-22-49(44)57/h1-35H. The first kappa shape index (κ1) is 33.8. The van der Waals surface area contributed by atoms with E-state index in [0.717, 1.165) is 89.5 Å². The summed E-state index contributed by atoms with van der Waals surface area (Å²) in [5, 5.41) is 3.20. The Morgan fingerprint density at radius 2 is 0.902 bits per heavy atom. The molecule has 286 valence electrons. The van der Waals surface area contributed by atoms with Crippen molar-refractivity contribution >= 4 is 50.0 Å². The molecule has 0 unspecified atom stereocenters. The van der Waals surface area contributed by atoms with Gasteiger partial charge >= 0.3 is 0 Å². The molecule has 0 saturated heterocycles. The SMILES string of the molecule is c1ccc(-c2ccc(N(c3ccc(-c4cccc5c4oc4ccccc45)cc3)c3ccc4c(c3)Oc3c(oc5ccccc35)C43c4ccccc4-c4ccccc43)cc2)cc1. The van der Waals surface area contributed by atoms with Gasteiger partial charge in [0, 0.05) is 45.0 Å². The highest BCUT2D eigenvalue weighted by Crippen LogP contribution is 2.64. The van der Waals surface area contributed by atoms with E-state index in [-0.39, 0.29) is 0 Å². The zero-order chi connectivity index (χ0) is 40.1. The third-order valence-electron chi connectivity index (χ3n) is 12.8. The summed E-state index contributed by atoms with van der Waals surface area (Å²) in [5.41, 5.74) is 15.2. The van der Waals surface area contributed by atoms with Gasteiger partial charge in [-0.3, -0.25) is 0 Å². The largest absolute Gasteiger partial charge is 0.455 e. The van der Waals surface area contributed by atoms with Crippen molar-refractivity contribution in [3.8, 4) is 44.9 Å². The minimum Gasteiger partial charge on any atom is -0.455 e. The zero-order valence-electron chi connectivity index (χ0n) is 32.9. The van der Waals surface area contributed by atoms with Gasteiger partial charge in [0.1, 0.15) is 27.9 Å². The Hall–Kier alpha value is -8.08. The van der Waals surface area contributed by atoms with Gasteiger partial charge in [0.05, 0.1) is 5.39 Å². The molecule has 0 fully saturated rings. The monoisotopic (exact) mass is 781 g/mol. The molecule has 1 spiro atoms. The molecule has 0 N–H and O–H groups in total. The van der Waals surface area contributed by atoms with Crippen molar-refractivity contribution in [2.24, 2.45) is 0 Å². The minimum atomic E-state index is -0.713. The predicted octanol–water partition coefficient (Wildman–Crippen LogP) is 15.6. The number of hydrogen-bond donors (Lipinski definition) is 0. The molecule has 4 heteroatoms. The Labute approximate surface area is 352 Å². The average molecular weight is 782 g/mol. The van der Waals surface area contributed by atoms with Crippen molar-refractivity contribution in [1.29, 1.82) is 0 Å². The van der Waals surface area contributed by atoms with Crippen LogP contribution in [-0.2, 0) is 5.41 Å². The lowest BCUT2D eigenvalue weighted by atomic mass is 9.69. The lowest BCUT2D eigenvalue weighted by molar-refractivity contribution is 0.389. The summed E-state index contributed by atoms with van der Waals surface area (Å²) < 4.78 is 20.5. The van der Waals surface area contributed by atoms with Crippen LogP contribution in [0.1, 0.15) is 22.5 Å². The second-order valence-corrected chi connectivity index (χ2v) is 16.0. The lowest BCUT2D eigenvalue weighted by Crippen LogP contribution is -2.31. The van der Waals surface area contributed by atoms with Gasteiger partial charge in [0.15, 0.2) is 11.5 Å². The van der Waals surface area contributed by atoms with Crippen LogP contribution in [0.15, 0.2) is 221 Å². The van der Waals surface area contributed by atoms with Gasteiger partial charge in [-0.2, -0.15) is 0 Å². The second-order valence-electron chi connectivity index (χ2n) is 16.0. The Morgan fingerprint density at radius 3 is 1.62 bits per heavy atom. The fraction of sp³-hybridized carbons (Fsp3) is 0.0175. The third-order valence-corrected chi connectivity index (χ3v) is 12.8. The van der Waals surface area contributed by atoms with Crippen LogP contribution in [0.25, 0.3) is 66.3 Å². The number of fused-ring (bicyclic) bond motifs is 14. The third kappa shape index (κ3) is 4.87. The van der Waals surface area contributed by atoms with E-state index in [0.29, 0.717) is 0 Å². The number of ether oxygens (including phenoxy) is 1. The lowest BCUT2D eigenvalue weighted by Gasteiger charge is -2.37. The van der Waals surface area contributed by atoms with Crippen LogP contribution in [0.5, 0.6) is 11.5 Å². The predicted molar refractivity (Wildman–Crippen MR) is 246 cm³/mol.